The molecule has 1 unspecified atom stereocenters. The second-order valence-corrected chi connectivity index (χ2v) is 13.3. The summed E-state index contributed by atoms with van der Waals surface area (Å²) in [5, 5.41) is 10.1. The number of rotatable bonds is 10. The summed E-state index contributed by atoms with van der Waals surface area (Å²) in [7, 11) is 0. The molecule has 0 radical (unpaired) electrons. The largest absolute Gasteiger partial charge is 0.384 e. The van der Waals surface area contributed by atoms with E-state index in [0.717, 1.165) is 48.4 Å². The molecule has 0 fully saturated rings. The minimum absolute atomic E-state index is 0.0793. The zero-order valence-corrected chi connectivity index (χ0v) is 33.7. The maximum Gasteiger partial charge on any atom is 0.193 e. The summed E-state index contributed by atoms with van der Waals surface area (Å²) < 4.78 is 0. The van der Waals surface area contributed by atoms with Crippen molar-refractivity contribution in [1.82, 2.24) is 0 Å². The van der Waals surface area contributed by atoms with Crippen LogP contribution in [0, 0.1) is 27.7 Å². The van der Waals surface area contributed by atoms with E-state index in [1.807, 2.05) is 123 Å². The summed E-state index contributed by atoms with van der Waals surface area (Å²) in [4.78, 5) is 16.7. The van der Waals surface area contributed by atoms with Gasteiger partial charge in [-0.25, -0.2) is 0 Å². The molecular formula is C50H60N2O2. The number of carbonyl (C=O) groups excluding carboxylic acids is 1. The van der Waals surface area contributed by atoms with Crippen LogP contribution in [0.4, 0.5) is 11.4 Å². The number of aliphatic hydroxyl groups excluding tert-OH is 1. The monoisotopic (exact) mass is 720 g/mol. The third-order valence-electron chi connectivity index (χ3n) is 9.18. The van der Waals surface area contributed by atoms with E-state index in [9.17, 15) is 9.90 Å². The lowest BCUT2D eigenvalue weighted by molar-refractivity contribution is 0.103. The Morgan fingerprint density at radius 2 is 0.722 bits per heavy atom. The maximum atomic E-state index is 12.0. The lowest BCUT2D eigenvalue weighted by Gasteiger charge is -2.20. The highest BCUT2D eigenvalue weighted by Crippen LogP contribution is 2.21. The molecular weight excluding hydrogens is 661 g/mol. The first kappa shape index (κ1) is 43.0. The number of ketones is 1. The number of benzene rings is 6. The van der Waals surface area contributed by atoms with Gasteiger partial charge in [-0.3, -0.25) is 4.79 Å². The number of nitrogens with zero attached hydrogens (tertiary/aromatic N) is 2. The summed E-state index contributed by atoms with van der Waals surface area (Å²) in [6, 6.07) is 52.0. The Bertz CT molecular complexity index is 1820. The number of anilines is 2. The van der Waals surface area contributed by atoms with Gasteiger partial charge in [0, 0.05) is 48.7 Å². The number of hydrogen-bond donors (Lipinski definition) is 1. The van der Waals surface area contributed by atoms with Crippen molar-refractivity contribution >= 4 is 17.2 Å². The lowest BCUT2D eigenvalue weighted by atomic mass is 10.0. The zero-order valence-electron chi connectivity index (χ0n) is 33.7. The minimum atomic E-state index is -0.521. The molecule has 1 atom stereocenters. The fourth-order valence-corrected chi connectivity index (χ4v) is 5.73. The van der Waals surface area contributed by atoms with Crippen molar-refractivity contribution in [3.05, 3.63) is 202 Å². The second kappa shape index (κ2) is 23.3. The van der Waals surface area contributed by atoms with Gasteiger partial charge >= 0.3 is 0 Å². The van der Waals surface area contributed by atoms with Gasteiger partial charge in [0.2, 0.25) is 0 Å². The van der Waals surface area contributed by atoms with Crippen molar-refractivity contribution in [3.63, 3.8) is 0 Å². The van der Waals surface area contributed by atoms with Gasteiger partial charge in [0.05, 0.1) is 0 Å². The molecule has 0 aliphatic heterocycles. The highest BCUT2D eigenvalue weighted by atomic mass is 16.3. The minimum Gasteiger partial charge on any atom is -0.384 e. The quantitative estimate of drug-likeness (QED) is 0.143. The summed E-state index contributed by atoms with van der Waals surface area (Å²) in [5.41, 5.74) is 11.0. The SMILES string of the molecule is CCN(CC)c1ccc(C)cc1.CCN(CC)c1ccc(C)cc1.Cc1ccc(C(=O)c2ccccc2)cc1.Cc1ccc(C(O)c2ccccc2)cc1. The Morgan fingerprint density at radius 1 is 0.426 bits per heavy atom. The number of carbonyl (C=O) groups is 1. The standard InChI is InChI=1S/C14H14O.C14H12O.2C11H17N/c2*1-11-7-9-13(10-8-11)14(15)12-5-3-2-4-6-12;2*1-4-12(5-2)11-8-6-10(3)7-9-11/h2-10,14-15H,1H3;2-10H,1H3;2*6-9H,4-5H2,1-3H3. The molecule has 1 N–H and O–H groups in total. The molecule has 0 saturated heterocycles. The average molecular weight is 721 g/mol. The Hall–Kier alpha value is -5.45. The average Bonchev–Trinajstić information content (AvgIpc) is 3.22. The topological polar surface area (TPSA) is 43.8 Å². The summed E-state index contributed by atoms with van der Waals surface area (Å²) in [6.07, 6.45) is -0.521. The molecule has 0 aliphatic rings. The Morgan fingerprint density at radius 3 is 1.09 bits per heavy atom. The van der Waals surface area contributed by atoms with E-state index in [1.165, 1.54) is 33.6 Å². The fraction of sp³-hybridized carbons (Fsp3) is 0.260. The smallest absolute Gasteiger partial charge is 0.193 e. The van der Waals surface area contributed by atoms with Crippen molar-refractivity contribution < 1.29 is 9.90 Å². The van der Waals surface area contributed by atoms with Crippen molar-refractivity contribution in [2.45, 2.75) is 61.5 Å². The maximum absolute atomic E-state index is 12.0. The molecule has 4 nitrogen and oxygen atoms in total. The van der Waals surface area contributed by atoms with Crippen LogP contribution in [0.2, 0.25) is 0 Å². The third-order valence-corrected chi connectivity index (χ3v) is 9.18. The molecule has 0 spiro atoms. The van der Waals surface area contributed by atoms with Gasteiger partial charge in [0.25, 0.3) is 0 Å². The van der Waals surface area contributed by atoms with Crippen LogP contribution in [0.25, 0.3) is 0 Å². The molecule has 0 aromatic heterocycles. The predicted octanol–water partition coefficient (Wildman–Crippen LogP) is 12.0. The molecule has 54 heavy (non-hydrogen) atoms. The highest BCUT2D eigenvalue weighted by molar-refractivity contribution is 6.08. The normalized spacial score (nSPS) is 10.6. The van der Waals surface area contributed by atoms with E-state index in [1.54, 1.807) is 0 Å². The van der Waals surface area contributed by atoms with E-state index in [0.29, 0.717) is 0 Å². The van der Waals surface area contributed by atoms with Gasteiger partial charge < -0.3 is 14.9 Å². The van der Waals surface area contributed by atoms with E-state index in [-0.39, 0.29) is 5.78 Å². The molecule has 4 heteroatoms. The van der Waals surface area contributed by atoms with Crippen LogP contribution in [0.3, 0.4) is 0 Å². The Labute approximate surface area is 325 Å². The highest BCUT2D eigenvalue weighted by Gasteiger charge is 2.09. The van der Waals surface area contributed by atoms with E-state index in [2.05, 4.69) is 99.9 Å². The van der Waals surface area contributed by atoms with Crippen molar-refractivity contribution in [3.8, 4) is 0 Å². The number of aliphatic hydroxyl groups is 1. The van der Waals surface area contributed by atoms with Crippen LogP contribution in [0.5, 0.6) is 0 Å². The number of aryl methyl sites for hydroxylation is 4. The van der Waals surface area contributed by atoms with Crippen molar-refractivity contribution in [1.29, 1.82) is 0 Å². The Kier molecular flexibility index (Phi) is 18.5. The molecule has 0 amide bonds. The Balaban J connectivity index is 0.000000195. The predicted molar refractivity (Wildman–Crippen MR) is 232 cm³/mol. The first-order valence-electron chi connectivity index (χ1n) is 19.2. The van der Waals surface area contributed by atoms with Crippen LogP contribution >= 0.6 is 0 Å². The van der Waals surface area contributed by atoms with E-state index in [4.69, 9.17) is 0 Å². The fourth-order valence-electron chi connectivity index (χ4n) is 5.73. The van der Waals surface area contributed by atoms with Gasteiger partial charge in [-0.15, -0.1) is 0 Å². The van der Waals surface area contributed by atoms with Gasteiger partial charge in [-0.2, -0.15) is 0 Å². The third kappa shape index (κ3) is 14.2. The summed E-state index contributed by atoms with van der Waals surface area (Å²) >= 11 is 0. The first-order chi connectivity index (χ1) is 26.1. The summed E-state index contributed by atoms with van der Waals surface area (Å²) in [5.74, 6) is 0.0793. The number of hydrogen-bond acceptors (Lipinski definition) is 4. The van der Waals surface area contributed by atoms with E-state index >= 15 is 0 Å². The molecule has 0 heterocycles. The van der Waals surface area contributed by atoms with Crippen LogP contribution in [-0.4, -0.2) is 37.1 Å². The summed E-state index contributed by atoms with van der Waals surface area (Å²) in [6.45, 7) is 21.4. The second-order valence-electron chi connectivity index (χ2n) is 13.3. The zero-order chi connectivity index (χ0) is 39.3. The van der Waals surface area contributed by atoms with Crippen LogP contribution < -0.4 is 9.80 Å². The molecule has 0 saturated carbocycles. The van der Waals surface area contributed by atoms with Gasteiger partial charge in [-0.05, 0) is 90.8 Å². The van der Waals surface area contributed by atoms with E-state index < -0.39 is 6.10 Å². The van der Waals surface area contributed by atoms with Crippen LogP contribution in [-0.2, 0) is 0 Å². The molecule has 0 aliphatic carbocycles. The van der Waals surface area contributed by atoms with Gasteiger partial charge in [0.1, 0.15) is 6.10 Å². The molecule has 6 aromatic rings. The van der Waals surface area contributed by atoms with Crippen molar-refractivity contribution in [2.75, 3.05) is 36.0 Å². The van der Waals surface area contributed by atoms with Crippen LogP contribution in [0.15, 0.2) is 158 Å². The first-order valence-corrected chi connectivity index (χ1v) is 19.2. The molecule has 282 valence electrons. The molecule has 6 aromatic carbocycles. The molecule has 0 bridgehead atoms. The van der Waals surface area contributed by atoms with Crippen LogP contribution in [0.1, 0.15) is 83.1 Å². The van der Waals surface area contributed by atoms with Gasteiger partial charge in [0.15, 0.2) is 5.78 Å². The van der Waals surface area contributed by atoms with Crippen molar-refractivity contribution in [2.24, 2.45) is 0 Å². The lowest BCUT2D eigenvalue weighted by Crippen LogP contribution is -2.21. The van der Waals surface area contributed by atoms with Gasteiger partial charge in [-0.1, -0.05) is 156 Å². The molecule has 6 rings (SSSR count).